The van der Waals surface area contributed by atoms with Gasteiger partial charge in [0, 0.05) is 6.54 Å². The average Bonchev–Trinajstić information content (AvgIpc) is 2.35. The topological polar surface area (TPSA) is 113 Å². The van der Waals surface area contributed by atoms with Crippen molar-refractivity contribution in [3.05, 3.63) is 0 Å². The lowest BCUT2D eigenvalue weighted by atomic mass is 10.0. The molecule has 7 nitrogen and oxygen atoms in total. The third kappa shape index (κ3) is 6.32. The zero-order valence-electron chi connectivity index (χ0n) is 10.6. The fourth-order valence-corrected chi connectivity index (χ4v) is 3.05. The van der Waals surface area contributed by atoms with Crippen molar-refractivity contribution < 1.29 is 19.5 Å². The molecule has 0 radical (unpaired) electrons. The van der Waals surface area contributed by atoms with Crippen LogP contribution in [-0.2, 0) is 9.59 Å². The number of carboxylic acid groups (broad SMARTS) is 1. The molecular formula is C11H19N3O4S. The predicted octanol–water partition coefficient (Wildman–Crippen LogP) is -0.289. The van der Waals surface area contributed by atoms with Gasteiger partial charge in [0.15, 0.2) is 0 Å². The van der Waals surface area contributed by atoms with E-state index in [1.165, 1.54) is 0 Å². The molecule has 1 saturated heterocycles. The van der Waals surface area contributed by atoms with Gasteiger partial charge >= 0.3 is 12.0 Å². The highest BCUT2D eigenvalue weighted by Gasteiger charge is 2.20. The van der Waals surface area contributed by atoms with Crippen molar-refractivity contribution >= 4 is 29.7 Å². The normalized spacial score (nSPS) is 15.8. The number of thioether (sulfide) groups is 1. The van der Waals surface area contributed by atoms with Crippen LogP contribution in [0.2, 0.25) is 0 Å². The van der Waals surface area contributed by atoms with Gasteiger partial charge in [0.05, 0.1) is 0 Å². The van der Waals surface area contributed by atoms with Crippen LogP contribution in [0, 0.1) is 5.92 Å². The molecule has 108 valence electrons. The summed E-state index contributed by atoms with van der Waals surface area (Å²) in [5.41, 5.74) is 4.99. The lowest BCUT2D eigenvalue weighted by Gasteiger charge is -2.24. The van der Waals surface area contributed by atoms with Crippen molar-refractivity contribution in [2.75, 3.05) is 31.1 Å². The fraction of sp³-hybridized carbons (Fsp3) is 0.727. The molecule has 0 spiro atoms. The number of urea groups is 1. The molecule has 8 heteroatoms. The minimum Gasteiger partial charge on any atom is -0.480 e. The molecule has 3 amide bonds. The van der Waals surface area contributed by atoms with E-state index >= 15 is 0 Å². The van der Waals surface area contributed by atoms with E-state index in [1.54, 1.807) is 0 Å². The number of nitrogens with two attached hydrogens (primary N) is 1. The number of nitrogens with zero attached hydrogens (tertiary/aromatic N) is 1. The Morgan fingerprint density at radius 1 is 1.26 bits per heavy atom. The summed E-state index contributed by atoms with van der Waals surface area (Å²) in [7, 11) is 0. The largest absolute Gasteiger partial charge is 0.480 e. The van der Waals surface area contributed by atoms with Crippen LogP contribution >= 0.6 is 11.8 Å². The van der Waals surface area contributed by atoms with Crippen LogP contribution in [0.15, 0.2) is 0 Å². The molecule has 1 rings (SSSR count). The van der Waals surface area contributed by atoms with E-state index in [9.17, 15) is 14.4 Å². The molecule has 0 unspecified atom stereocenters. The molecule has 1 heterocycles. The molecule has 0 aromatic rings. The van der Waals surface area contributed by atoms with Crippen LogP contribution in [-0.4, -0.2) is 59.1 Å². The third-order valence-corrected chi connectivity index (χ3v) is 3.89. The molecule has 1 aliphatic heterocycles. The average molecular weight is 289 g/mol. The Morgan fingerprint density at radius 2 is 1.89 bits per heavy atom. The second kappa shape index (κ2) is 7.88. The number of hydrogen-bond acceptors (Lipinski definition) is 4. The molecule has 0 bridgehead atoms. The molecule has 1 aliphatic rings. The van der Waals surface area contributed by atoms with Crippen molar-refractivity contribution in [3.63, 3.8) is 0 Å². The smallest absolute Gasteiger partial charge is 0.323 e. The quantitative estimate of drug-likeness (QED) is 0.622. The van der Waals surface area contributed by atoms with Gasteiger partial charge < -0.3 is 21.1 Å². The highest BCUT2D eigenvalue weighted by molar-refractivity contribution is 7.99. The van der Waals surface area contributed by atoms with Gasteiger partial charge in [-0.2, -0.15) is 11.8 Å². The first-order valence-electron chi connectivity index (χ1n) is 6.09. The van der Waals surface area contributed by atoms with E-state index in [-0.39, 0.29) is 0 Å². The second-order valence-electron chi connectivity index (χ2n) is 4.46. The summed E-state index contributed by atoms with van der Waals surface area (Å²) < 4.78 is 0. The second-order valence-corrected chi connectivity index (χ2v) is 5.68. The molecule has 0 atom stereocenters. The van der Waals surface area contributed by atoms with E-state index in [0.29, 0.717) is 12.5 Å². The van der Waals surface area contributed by atoms with Gasteiger partial charge in [-0.15, -0.1) is 0 Å². The maximum Gasteiger partial charge on any atom is 0.323 e. The van der Waals surface area contributed by atoms with E-state index < -0.39 is 31.0 Å². The van der Waals surface area contributed by atoms with Gasteiger partial charge in [-0.3, -0.25) is 9.59 Å². The van der Waals surface area contributed by atoms with E-state index in [2.05, 4.69) is 5.32 Å². The zero-order valence-corrected chi connectivity index (χ0v) is 11.4. The first-order chi connectivity index (χ1) is 8.99. The first-order valence-corrected chi connectivity index (χ1v) is 7.25. The van der Waals surface area contributed by atoms with Crippen LogP contribution in [0.25, 0.3) is 0 Å². The van der Waals surface area contributed by atoms with Crippen molar-refractivity contribution in [2.45, 2.75) is 12.8 Å². The molecule has 0 aliphatic carbocycles. The predicted molar refractivity (Wildman–Crippen MR) is 71.9 cm³/mol. The third-order valence-electron chi connectivity index (χ3n) is 2.84. The highest BCUT2D eigenvalue weighted by atomic mass is 32.2. The maximum atomic E-state index is 11.8. The molecule has 1 fully saturated rings. The minimum absolute atomic E-state index is 0.390. The van der Waals surface area contributed by atoms with Gasteiger partial charge in [0.2, 0.25) is 5.91 Å². The summed E-state index contributed by atoms with van der Waals surface area (Å²) in [4.78, 5) is 34.1. The fourth-order valence-electron chi connectivity index (χ4n) is 1.84. The molecule has 0 aromatic carbocycles. The molecule has 19 heavy (non-hydrogen) atoms. The monoisotopic (exact) mass is 289 g/mol. The Morgan fingerprint density at radius 3 is 2.42 bits per heavy atom. The van der Waals surface area contributed by atoms with Crippen molar-refractivity contribution in [1.82, 2.24) is 10.2 Å². The standard InChI is InChI=1S/C11H19N3O4S/c12-9(15)6-14(7-10(16)17)11(18)13-5-8-1-3-19-4-2-8/h8H,1-7H2,(H2,12,15)(H,13,18)(H,16,17). The molecule has 0 saturated carbocycles. The van der Waals surface area contributed by atoms with E-state index in [1.807, 2.05) is 11.8 Å². The van der Waals surface area contributed by atoms with Crippen molar-refractivity contribution in [3.8, 4) is 0 Å². The zero-order chi connectivity index (χ0) is 14.3. The summed E-state index contributed by atoms with van der Waals surface area (Å²) in [6.45, 7) is -0.414. The number of aliphatic carboxylic acids is 1. The lowest BCUT2D eigenvalue weighted by Crippen LogP contribution is -2.47. The highest BCUT2D eigenvalue weighted by Crippen LogP contribution is 2.21. The number of carbonyl (C=O) groups excluding carboxylic acids is 2. The molecule has 4 N–H and O–H groups in total. The Kier molecular flexibility index (Phi) is 6.48. The first kappa shape index (κ1) is 15.6. The van der Waals surface area contributed by atoms with Crippen LogP contribution in [0.5, 0.6) is 0 Å². The number of amides is 3. The Balaban J connectivity index is 2.41. The summed E-state index contributed by atoms with van der Waals surface area (Å²) in [6, 6.07) is -0.556. The van der Waals surface area contributed by atoms with E-state index in [0.717, 1.165) is 29.2 Å². The van der Waals surface area contributed by atoms with Crippen LogP contribution in [0.3, 0.4) is 0 Å². The number of carboxylic acids is 1. The number of carbonyl (C=O) groups is 3. The lowest BCUT2D eigenvalue weighted by molar-refractivity contribution is -0.137. The SMILES string of the molecule is NC(=O)CN(CC(=O)O)C(=O)NCC1CCSCC1. The van der Waals surface area contributed by atoms with Crippen LogP contribution in [0.1, 0.15) is 12.8 Å². The summed E-state index contributed by atoms with van der Waals surface area (Å²) in [6.07, 6.45) is 2.08. The number of rotatable bonds is 6. The Labute approximate surface area is 115 Å². The van der Waals surface area contributed by atoms with Gasteiger partial charge in [-0.1, -0.05) is 0 Å². The summed E-state index contributed by atoms with van der Waals surface area (Å²) in [5.74, 6) is 0.683. The van der Waals surface area contributed by atoms with Gasteiger partial charge in [0.25, 0.3) is 0 Å². The Hall–Kier alpha value is -1.44. The number of nitrogens with one attached hydrogen (secondary N) is 1. The molecule has 0 aromatic heterocycles. The maximum absolute atomic E-state index is 11.8. The van der Waals surface area contributed by atoms with Gasteiger partial charge in [0.1, 0.15) is 13.1 Å². The summed E-state index contributed by atoms with van der Waals surface area (Å²) >= 11 is 1.89. The Bertz CT molecular complexity index is 329. The number of hydrogen-bond donors (Lipinski definition) is 3. The van der Waals surface area contributed by atoms with Crippen molar-refractivity contribution in [2.24, 2.45) is 11.7 Å². The van der Waals surface area contributed by atoms with Gasteiger partial charge in [-0.25, -0.2) is 4.79 Å². The molecular weight excluding hydrogens is 270 g/mol. The minimum atomic E-state index is -1.18. The van der Waals surface area contributed by atoms with Crippen LogP contribution < -0.4 is 11.1 Å². The number of primary amides is 1. The summed E-state index contributed by atoms with van der Waals surface area (Å²) in [5, 5.41) is 11.4. The van der Waals surface area contributed by atoms with Crippen LogP contribution in [0.4, 0.5) is 4.79 Å². The van der Waals surface area contributed by atoms with Gasteiger partial charge in [-0.05, 0) is 30.3 Å². The van der Waals surface area contributed by atoms with Crippen molar-refractivity contribution in [1.29, 1.82) is 0 Å². The van der Waals surface area contributed by atoms with E-state index in [4.69, 9.17) is 10.8 Å².